The van der Waals surface area contributed by atoms with Crippen molar-refractivity contribution >= 4 is 17.1 Å². The van der Waals surface area contributed by atoms with Crippen molar-refractivity contribution in [3.63, 3.8) is 0 Å². The number of nitrogens with one attached hydrogen (secondary N) is 1. The van der Waals surface area contributed by atoms with Gasteiger partial charge >= 0.3 is 0 Å². The van der Waals surface area contributed by atoms with Gasteiger partial charge in [-0.05, 0) is 49.6 Å². The average molecular weight is 337 g/mol. The fraction of sp³-hybridized carbons (Fsp3) is 0.316. The van der Waals surface area contributed by atoms with Crippen molar-refractivity contribution in [2.24, 2.45) is 0 Å². The van der Waals surface area contributed by atoms with Crippen LogP contribution in [0.4, 0.5) is 0 Å². The van der Waals surface area contributed by atoms with Crippen LogP contribution in [0.5, 0.6) is 5.75 Å². The lowest BCUT2D eigenvalue weighted by atomic mass is 9.99. The zero-order valence-electron chi connectivity index (χ0n) is 14.2. The highest BCUT2D eigenvalue weighted by atomic mass is 16.3. The number of aromatic nitrogens is 2. The maximum absolute atomic E-state index is 11.3. The molecule has 1 amide bonds. The van der Waals surface area contributed by atoms with Gasteiger partial charge in [-0.15, -0.1) is 0 Å². The molecular formula is C19H19N3O3. The number of hydrogen-bond acceptors (Lipinski definition) is 5. The smallest absolute Gasteiger partial charge is 0.220 e. The van der Waals surface area contributed by atoms with Gasteiger partial charge in [-0.3, -0.25) is 4.79 Å². The Hall–Kier alpha value is -2.89. The van der Waals surface area contributed by atoms with Crippen molar-refractivity contribution in [3.05, 3.63) is 41.3 Å². The number of carbonyl (C=O) groups excluding carboxylic acids is 1. The summed E-state index contributed by atoms with van der Waals surface area (Å²) in [6.07, 6.45) is 1.21. The van der Waals surface area contributed by atoms with Crippen molar-refractivity contribution in [3.8, 4) is 17.0 Å². The lowest BCUT2D eigenvalue weighted by Crippen LogP contribution is -2.33. The number of amides is 1. The first-order valence-corrected chi connectivity index (χ1v) is 8.36. The highest BCUT2D eigenvalue weighted by molar-refractivity contribution is 5.78. The number of hydrogen-bond donors (Lipinski definition) is 2. The summed E-state index contributed by atoms with van der Waals surface area (Å²) in [5, 5.41) is 13.1. The first-order chi connectivity index (χ1) is 12.0. The van der Waals surface area contributed by atoms with Crippen molar-refractivity contribution in [1.82, 2.24) is 15.3 Å². The van der Waals surface area contributed by atoms with E-state index in [-0.39, 0.29) is 17.6 Å². The van der Waals surface area contributed by atoms with Gasteiger partial charge in [-0.1, -0.05) is 6.07 Å². The zero-order valence-corrected chi connectivity index (χ0v) is 14.2. The molecule has 1 saturated heterocycles. The van der Waals surface area contributed by atoms with Crippen molar-refractivity contribution in [1.29, 1.82) is 0 Å². The third-order valence-electron chi connectivity index (χ3n) is 4.60. The van der Waals surface area contributed by atoms with Crippen LogP contribution in [0.2, 0.25) is 0 Å². The van der Waals surface area contributed by atoms with E-state index in [4.69, 9.17) is 4.42 Å². The van der Waals surface area contributed by atoms with Crippen LogP contribution in [0.25, 0.3) is 22.5 Å². The maximum atomic E-state index is 11.3. The molecule has 6 nitrogen and oxygen atoms in total. The fourth-order valence-corrected chi connectivity index (χ4v) is 3.37. The summed E-state index contributed by atoms with van der Waals surface area (Å²) in [4.78, 5) is 20.4. The van der Waals surface area contributed by atoms with Crippen LogP contribution >= 0.6 is 0 Å². The molecule has 1 aliphatic heterocycles. The minimum absolute atomic E-state index is 0.0677. The van der Waals surface area contributed by atoms with Crippen LogP contribution in [0, 0.1) is 13.8 Å². The molecule has 1 atom stereocenters. The third kappa shape index (κ3) is 2.84. The van der Waals surface area contributed by atoms with E-state index >= 15 is 0 Å². The number of oxazole rings is 1. The van der Waals surface area contributed by atoms with Gasteiger partial charge in [0.2, 0.25) is 11.8 Å². The fourth-order valence-electron chi connectivity index (χ4n) is 3.37. The second-order valence-electron chi connectivity index (χ2n) is 6.59. The average Bonchev–Trinajstić information content (AvgIpc) is 2.98. The molecule has 6 heteroatoms. The van der Waals surface area contributed by atoms with Crippen LogP contribution < -0.4 is 5.32 Å². The molecule has 25 heavy (non-hydrogen) atoms. The number of pyridine rings is 1. The summed E-state index contributed by atoms with van der Waals surface area (Å²) in [5.74, 6) is 0.954. The van der Waals surface area contributed by atoms with Crippen LogP contribution in [0.15, 0.2) is 28.7 Å². The second-order valence-corrected chi connectivity index (χ2v) is 6.59. The summed E-state index contributed by atoms with van der Waals surface area (Å²) in [5.41, 5.74) is 4.47. The van der Waals surface area contributed by atoms with Crippen molar-refractivity contribution in [2.45, 2.75) is 32.6 Å². The normalized spacial score (nSPS) is 17.7. The molecule has 3 heterocycles. The van der Waals surface area contributed by atoms with Crippen molar-refractivity contribution < 1.29 is 14.3 Å². The molecule has 1 fully saturated rings. The van der Waals surface area contributed by atoms with E-state index in [0.29, 0.717) is 41.3 Å². The quantitative estimate of drug-likeness (QED) is 0.749. The standard InChI is InChI=1S/C19H19N3O3/c1-10-7-11(2)17(14(23)8-10)13-4-5-15-18(21-13)22-19(25-15)12-3-6-16(24)20-9-12/h4-5,7-8,12,23H,3,6,9H2,1-2H3,(H,20,24)/t12-/m0/s1. The topological polar surface area (TPSA) is 88.3 Å². The first-order valence-electron chi connectivity index (χ1n) is 8.36. The minimum Gasteiger partial charge on any atom is -0.507 e. The van der Waals surface area contributed by atoms with E-state index in [1.54, 1.807) is 6.07 Å². The molecule has 4 rings (SSSR count). The number of fused-ring (bicyclic) bond motifs is 1. The van der Waals surface area contributed by atoms with Gasteiger partial charge in [0.15, 0.2) is 11.2 Å². The van der Waals surface area contributed by atoms with E-state index in [0.717, 1.165) is 17.5 Å². The summed E-state index contributed by atoms with van der Waals surface area (Å²) in [6.45, 7) is 4.43. The summed E-state index contributed by atoms with van der Waals surface area (Å²) < 4.78 is 5.83. The molecule has 2 aromatic heterocycles. The van der Waals surface area contributed by atoms with Crippen LogP contribution in [0.1, 0.15) is 35.8 Å². The Morgan fingerprint density at radius 2 is 2.08 bits per heavy atom. The van der Waals surface area contributed by atoms with E-state index in [9.17, 15) is 9.90 Å². The van der Waals surface area contributed by atoms with E-state index in [1.807, 2.05) is 32.0 Å². The Morgan fingerprint density at radius 3 is 2.80 bits per heavy atom. The molecule has 3 aromatic rings. The van der Waals surface area contributed by atoms with Gasteiger partial charge < -0.3 is 14.8 Å². The SMILES string of the molecule is Cc1cc(C)c(-c2ccc3oc([C@H]4CCC(=O)NC4)nc3n2)c(O)c1. The van der Waals surface area contributed by atoms with Gasteiger partial charge in [0.25, 0.3) is 0 Å². The largest absolute Gasteiger partial charge is 0.507 e. The number of benzene rings is 1. The lowest BCUT2D eigenvalue weighted by molar-refractivity contribution is -0.122. The van der Waals surface area contributed by atoms with Gasteiger partial charge in [-0.25, -0.2) is 4.98 Å². The van der Waals surface area contributed by atoms with Gasteiger partial charge in [0, 0.05) is 18.5 Å². The van der Waals surface area contributed by atoms with Crippen LogP contribution in [0.3, 0.4) is 0 Å². The molecule has 0 radical (unpaired) electrons. The zero-order chi connectivity index (χ0) is 17.6. The number of nitrogens with zero attached hydrogens (tertiary/aromatic N) is 2. The molecular weight excluding hydrogens is 318 g/mol. The molecule has 0 unspecified atom stereocenters. The molecule has 0 spiro atoms. The third-order valence-corrected chi connectivity index (χ3v) is 4.60. The highest BCUT2D eigenvalue weighted by Gasteiger charge is 2.24. The van der Waals surface area contributed by atoms with E-state index in [2.05, 4.69) is 15.3 Å². The predicted octanol–water partition coefficient (Wildman–Crippen LogP) is 3.21. The minimum atomic E-state index is 0.0677. The number of piperidine rings is 1. The Labute approximate surface area is 144 Å². The second kappa shape index (κ2) is 5.88. The predicted molar refractivity (Wildman–Crippen MR) is 93.4 cm³/mol. The number of rotatable bonds is 2. The van der Waals surface area contributed by atoms with E-state index in [1.165, 1.54) is 0 Å². The Balaban J connectivity index is 1.73. The molecule has 2 N–H and O–H groups in total. The number of phenolic OH excluding ortho intramolecular Hbond substituents is 1. The highest BCUT2D eigenvalue weighted by Crippen LogP contribution is 2.34. The molecule has 0 saturated carbocycles. The maximum Gasteiger partial charge on any atom is 0.220 e. The lowest BCUT2D eigenvalue weighted by Gasteiger charge is -2.18. The number of phenols is 1. The van der Waals surface area contributed by atoms with Crippen molar-refractivity contribution in [2.75, 3.05) is 6.54 Å². The Morgan fingerprint density at radius 1 is 1.24 bits per heavy atom. The van der Waals surface area contributed by atoms with Gasteiger partial charge in [0.1, 0.15) is 5.75 Å². The molecule has 0 aliphatic carbocycles. The summed E-state index contributed by atoms with van der Waals surface area (Å²) in [6, 6.07) is 7.40. The summed E-state index contributed by atoms with van der Waals surface area (Å²) >= 11 is 0. The van der Waals surface area contributed by atoms with Crippen LogP contribution in [-0.4, -0.2) is 27.5 Å². The molecule has 1 aliphatic rings. The Bertz CT molecular complexity index is 944. The molecule has 128 valence electrons. The Kier molecular flexibility index (Phi) is 3.67. The summed E-state index contributed by atoms with van der Waals surface area (Å²) in [7, 11) is 0. The van der Waals surface area contributed by atoms with Gasteiger partial charge in [0.05, 0.1) is 11.6 Å². The number of aryl methyl sites for hydroxylation is 2. The first kappa shape index (κ1) is 15.6. The number of aromatic hydroxyl groups is 1. The molecule has 1 aromatic carbocycles. The molecule has 0 bridgehead atoms. The monoisotopic (exact) mass is 337 g/mol. The van der Waals surface area contributed by atoms with Crippen LogP contribution in [-0.2, 0) is 4.79 Å². The van der Waals surface area contributed by atoms with Gasteiger partial charge in [-0.2, -0.15) is 4.98 Å². The van der Waals surface area contributed by atoms with E-state index < -0.39 is 0 Å². The number of carbonyl (C=O) groups is 1.